The van der Waals surface area contributed by atoms with Crippen LogP contribution < -0.4 is 10.1 Å². The average molecular weight is 480 g/mol. The van der Waals surface area contributed by atoms with Gasteiger partial charge in [-0.2, -0.15) is 13.9 Å². The molecule has 4 heterocycles. The summed E-state index contributed by atoms with van der Waals surface area (Å²) >= 11 is 0. The van der Waals surface area contributed by atoms with Gasteiger partial charge < -0.3 is 10.1 Å². The Morgan fingerprint density at radius 2 is 1.94 bits per heavy atom. The first-order valence-corrected chi connectivity index (χ1v) is 12.0. The van der Waals surface area contributed by atoms with Gasteiger partial charge in [0.1, 0.15) is 17.0 Å². The Kier molecular flexibility index (Phi) is 5.38. The molecule has 1 fully saturated rings. The molecule has 33 heavy (non-hydrogen) atoms. The highest BCUT2D eigenvalue weighted by Crippen LogP contribution is 2.32. The number of fused-ring (bicyclic) bond motifs is 1. The maximum absolute atomic E-state index is 13.3. The Balaban J connectivity index is 1.71. The van der Waals surface area contributed by atoms with Crippen LogP contribution in [0.1, 0.15) is 44.1 Å². The van der Waals surface area contributed by atoms with Crippen molar-refractivity contribution in [2.45, 2.75) is 45.4 Å². The van der Waals surface area contributed by atoms with Gasteiger partial charge in [-0.15, -0.1) is 0 Å². The van der Waals surface area contributed by atoms with Crippen molar-refractivity contribution in [1.29, 1.82) is 0 Å². The first-order chi connectivity index (χ1) is 15.3. The van der Waals surface area contributed by atoms with Gasteiger partial charge in [0, 0.05) is 30.9 Å². The molecule has 1 amide bonds. The van der Waals surface area contributed by atoms with Gasteiger partial charge in [0.2, 0.25) is 0 Å². The molecule has 1 N–H and O–H groups in total. The Morgan fingerprint density at radius 3 is 2.55 bits per heavy atom. The van der Waals surface area contributed by atoms with Crippen LogP contribution in [-0.2, 0) is 9.84 Å². The highest BCUT2D eigenvalue weighted by Gasteiger charge is 2.45. The molecule has 3 aromatic rings. The van der Waals surface area contributed by atoms with Crippen LogP contribution in [0.3, 0.4) is 0 Å². The van der Waals surface area contributed by atoms with Crippen LogP contribution in [0.2, 0.25) is 0 Å². The maximum Gasteiger partial charge on any atom is 0.394 e. The normalized spacial score (nSPS) is 17.1. The number of nitrogens with one attached hydrogen (secondary N) is 1. The highest BCUT2D eigenvalue weighted by atomic mass is 32.2. The first-order valence-electron chi connectivity index (χ1n) is 10.2. The van der Waals surface area contributed by atoms with Gasteiger partial charge in [-0.05, 0) is 32.9 Å². The second-order valence-electron chi connectivity index (χ2n) is 8.84. The van der Waals surface area contributed by atoms with E-state index in [0.717, 1.165) is 0 Å². The summed E-state index contributed by atoms with van der Waals surface area (Å²) < 4.78 is 55.9. The summed E-state index contributed by atoms with van der Waals surface area (Å²) in [6.07, 6.45) is 0.654. The zero-order valence-electron chi connectivity index (χ0n) is 18.5. The third-order valence-corrected chi connectivity index (χ3v) is 7.23. The second-order valence-corrected chi connectivity index (χ2v) is 10.9. The lowest BCUT2D eigenvalue weighted by atomic mass is 10.1. The minimum absolute atomic E-state index is 0.0944. The SMILES string of the molecule is CC(C)n1nc(-c2cncc(OC(C)(F)F)c2)c2ncc(C(=O)NC3(C)CS(=O)(=O)C3)cc21. The molecule has 0 unspecified atom stereocenters. The van der Waals surface area contributed by atoms with Crippen LogP contribution in [0, 0.1) is 0 Å². The van der Waals surface area contributed by atoms with E-state index in [1.807, 2.05) is 13.8 Å². The number of aromatic nitrogens is 4. The van der Waals surface area contributed by atoms with E-state index in [-0.39, 0.29) is 28.9 Å². The number of carbonyl (C=O) groups excluding carboxylic acids is 1. The summed E-state index contributed by atoms with van der Waals surface area (Å²) in [5.74, 6) is -0.788. The number of rotatable bonds is 6. The largest absolute Gasteiger partial charge is 0.431 e. The molecule has 0 spiro atoms. The van der Waals surface area contributed by atoms with Crippen molar-refractivity contribution in [3.8, 4) is 17.0 Å². The van der Waals surface area contributed by atoms with E-state index in [1.165, 1.54) is 24.7 Å². The van der Waals surface area contributed by atoms with Gasteiger partial charge in [-0.25, -0.2) is 8.42 Å². The summed E-state index contributed by atoms with van der Waals surface area (Å²) in [6.45, 7) is 6.11. The van der Waals surface area contributed by atoms with Gasteiger partial charge in [0.05, 0.1) is 34.3 Å². The van der Waals surface area contributed by atoms with Crippen LogP contribution in [0.25, 0.3) is 22.3 Å². The van der Waals surface area contributed by atoms with E-state index in [0.29, 0.717) is 29.2 Å². The number of pyridine rings is 2. The molecule has 1 aliphatic rings. The van der Waals surface area contributed by atoms with Gasteiger partial charge >= 0.3 is 6.11 Å². The third-order valence-electron chi connectivity index (χ3n) is 5.07. The lowest BCUT2D eigenvalue weighted by molar-refractivity contribution is -0.159. The van der Waals surface area contributed by atoms with Crippen molar-refractivity contribution in [3.63, 3.8) is 0 Å². The molecule has 0 aliphatic carbocycles. The lowest BCUT2D eigenvalue weighted by Gasteiger charge is -2.38. The van der Waals surface area contributed by atoms with E-state index in [1.54, 1.807) is 17.7 Å². The number of amides is 1. The van der Waals surface area contributed by atoms with E-state index < -0.39 is 27.4 Å². The number of halogens is 2. The first kappa shape index (κ1) is 23.0. The van der Waals surface area contributed by atoms with Crippen molar-refractivity contribution in [3.05, 3.63) is 36.3 Å². The number of ether oxygens (including phenoxy) is 1. The number of carbonyl (C=O) groups is 1. The van der Waals surface area contributed by atoms with Crippen molar-refractivity contribution >= 4 is 26.8 Å². The summed E-state index contributed by atoms with van der Waals surface area (Å²) in [7, 11) is -3.12. The molecule has 9 nitrogen and oxygen atoms in total. The monoisotopic (exact) mass is 479 g/mol. The predicted molar refractivity (Wildman–Crippen MR) is 117 cm³/mol. The number of hydrogen-bond donors (Lipinski definition) is 1. The maximum atomic E-state index is 13.3. The highest BCUT2D eigenvalue weighted by molar-refractivity contribution is 7.93. The molecule has 12 heteroatoms. The molecular weight excluding hydrogens is 456 g/mol. The van der Waals surface area contributed by atoms with Crippen molar-refractivity contribution in [2.24, 2.45) is 0 Å². The summed E-state index contributed by atoms with van der Waals surface area (Å²) in [5, 5.41) is 7.34. The van der Waals surface area contributed by atoms with E-state index in [9.17, 15) is 22.0 Å². The van der Waals surface area contributed by atoms with Gasteiger partial charge in [0.25, 0.3) is 5.91 Å². The summed E-state index contributed by atoms with van der Waals surface area (Å²) in [6, 6.07) is 2.93. The van der Waals surface area contributed by atoms with E-state index in [4.69, 9.17) is 0 Å². The minimum atomic E-state index is -3.36. The van der Waals surface area contributed by atoms with Gasteiger partial charge in [-0.1, -0.05) is 0 Å². The zero-order valence-corrected chi connectivity index (χ0v) is 19.3. The van der Waals surface area contributed by atoms with Crippen LogP contribution >= 0.6 is 0 Å². The molecule has 0 radical (unpaired) electrons. The van der Waals surface area contributed by atoms with Crippen molar-refractivity contribution < 1.29 is 26.7 Å². The van der Waals surface area contributed by atoms with Crippen LogP contribution in [0.15, 0.2) is 30.7 Å². The van der Waals surface area contributed by atoms with E-state index in [2.05, 4.69) is 25.1 Å². The smallest absolute Gasteiger partial charge is 0.394 e. The molecule has 4 rings (SSSR count). The minimum Gasteiger partial charge on any atom is -0.431 e. The molecule has 0 atom stereocenters. The van der Waals surface area contributed by atoms with Crippen LogP contribution in [0.4, 0.5) is 8.78 Å². The molecule has 1 saturated heterocycles. The zero-order chi connectivity index (χ0) is 24.2. The molecule has 3 aromatic heterocycles. The van der Waals surface area contributed by atoms with Crippen LogP contribution in [0.5, 0.6) is 5.75 Å². The lowest BCUT2D eigenvalue weighted by Crippen LogP contribution is -2.63. The van der Waals surface area contributed by atoms with Gasteiger partial charge in [-0.3, -0.25) is 19.4 Å². The number of alkyl halides is 2. The topological polar surface area (TPSA) is 116 Å². The molecule has 0 aromatic carbocycles. The summed E-state index contributed by atoms with van der Waals surface area (Å²) in [4.78, 5) is 21.2. The van der Waals surface area contributed by atoms with Crippen molar-refractivity contribution in [2.75, 3.05) is 11.5 Å². The molecule has 0 bridgehead atoms. The predicted octanol–water partition coefficient (Wildman–Crippen LogP) is 2.98. The molecular formula is C21H23F2N5O4S. The number of nitrogens with zero attached hydrogens (tertiary/aromatic N) is 4. The fraction of sp³-hybridized carbons (Fsp3) is 0.429. The van der Waals surface area contributed by atoms with Gasteiger partial charge in [0.15, 0.2) is 9.84 Å². The Morgan fingerprint density at radius 1 is 1.24 bits per heavy atom. The Labute approximate surface area is 189 Å². The van der Waals surface area contributed by atoms with E-state index >= 15 is 0 Å². The van der Waals surface area contributed by atoms with Crippen molar-refractivity contribution in [1.82, 2.24) is 25.1 Å². The Bertz CT molecular complexity index is 1340. The Hall–Kier alpha value is -3.15. The number of hydrogen-bond acceptors (Lipinski definition) is 7. The molecule has 1 aliphatic heterocycles. The quantitative estimate of drug-likeness (QED) is 0.578. The fourth-order valence-corrected chi connectivity index (χ4v) is 5.89. The molecule has 176 valence electrons. The average Bonchev–Trinajstić information content (AvgIpc) is 3.04. The second kappa shape index (κ2) is 7.72. The third kappa shape index (κ3) is 4.80. The fourth-order valence-electron chi connectivity index (χ4n) is 3.89. The standard InChI is InChI=1S/C21H23F2N5O4S/c1-12(2)28-16-6-14(19(29)26-20(3)10-33(30,31)11-20)8-25-18(16)17(27-28)13-5-15(9-24-7-13)32-21(4,22)23/h5-9,12H,10-11H2,1-4H3,(H,26,29). The van der Waals surface area contributed by atoms with Crippen LogP contribution in [-0.4, -0.2) is 57.2 Å². The molecule has 0 saturated carbocycles. The number of sulfone groups is 1. The summed E-state index contributed by atoms with van der Waals surface area (Å²) in [5.41, 5.74) is 1.29.